The third-order valence-electron chi connectivity index (χ3n) is 24.3. The molecule has 4 aromatic heterocycles. The van der Waals surface area contributed by atoms with E-state index in [1.165, 1.54) is 64.0 Å². The molecule has 0 radical (unpaired) electrons. The second-order valence-electron chi connectivity index (χ2n) is 32.6. The molecule has 18 rings (SSSR count). The van der Waals surface area contributed by atoms with Crippen LogP contribution >= 0.6 is 11.6 Å². The summed E-state index contributed by atoms with van der Waals surface area (Å²) >= 11 is 5.94. The summed E-state index contributed by atoms with van der Waals surface area (Å²) in [5, 5.41) is 6.83. The zero-order valence-corrected chi connectivity index (χ0v) is 72.4. The number of hydrogen-bond donors (Lipinski definition) is 3. The van der Waals surface area contributed by atoms with Crippen molar-refractivity contribution in [1.82, 2.24) is 34.9 Å². The molecule has 4 saturated heterocycles. The quantitative estimate of drug-likeness (QED) is 0.0403. The van der Waals surface area contributed by atoms with Crippen molar-refractivity contribution in [3.63, 3.8) is 0 Å². The highest BCUT2D eigenvalue weighted by atomic mass is 35.5. The van der Waals surface area contributed by atoms with Crippen LogP contribution < -0.4 is 83.3 Å². The van der Waals surface area contributed by atoms with Gasteiger partial charge < -0.3 is 68.6 Å². The van der Waals surface area contributed by atoms with Gasteiger partial charge >= 0.3 is 0 Å². The minimum Gasteiger partial charge on any atom is -0.497 e. The number of halogens is 1. The first kappa shape index (κ1) is 87.2. The number of ether oxygens (including phenoxy) is 10. The summed E-state index contributed by atoms with van der Waals surface area (Å²) in [6, 6.07) is 48.1. The normalized spacial score (nSPS) is 19.0. The second kappa shape index (κ2) is 41.6. The Kier molecular flexibility index (Phi) is 29.0. The summed E-state index contributed by atoms with van der Waals surface area (Å²) in [5.74, 6) is 11.4. The maximum absolute atomic E-state index is 13.0. The molecule has 29 heteroatoms. The Balaban J connectivity index is 0.000000130. The third kappa shape index (κ3) is 22.3. The van der Waals surface area contributed by atoms with Crippen LogP contribution in [0.1, 0.15) is 180 Å². The van der Waals surface area contributed by atoms with Crippen LogP contribution in [0.3, 0.4) is 0 Å². The number of aromatic nitrogens is 7. The van der Waals surface area contributed by atoms with Crippen molar-refractivity contribution in [2.24, 2.45) is 0 Å². The molecule has 654 valence electrons. The van der Waals surface area contributed by atoms with Gasteiger partial charge in [-0.25, -0.2) is 29.9 Å². The van der Waals surface area contributed by atoms with Crippen LogP contribution in [0.2, 0.25) is 5.15 Å². The van der Waals surface area contributed by atoms with Gasteiger partial charge in [0.1, 0.15) is 58.4 Å². The molecule has 0 bridgehead atoms. The molecule has 4 aliphatic heterocycles. The van der Waals surface area contributed by atoms with Gasteiger partial charge in [-0.1, -0.05) is 48.0 Å². The van der Waals surface area contributed by atoms with Crippen LogP contribution in [-0.2, 0) is 25.7 Å². The molecule has 125 heavy (non-hydrogen) atoms. The minimum absolute atomic E-state index is 0.0313. The highest BCUT2D eigenvalue weighted by Crippen LogP contribution is 2.44. The molecule has 4 N–H and O–H groups in total. The first-order valence-electron chi connectivity index (χ1n) is 43.2. The topological polar surface area (TPSA) is 314 Å². The van der Waals surface area contributed by atoms with Crippen molar-refractivity contribution in [3.8, 4) is 57.5 Å². The largest absolute Gasteiger partial charge is 0.497 e. The van der Waals surface area contributed by atoms with Gasteiger partial charge in [-0.3, -0.25) is 33.9 Å². The Labute approximate surface area is 734 Å². The van der Waals surface area contributed by atoms with Crippen molar-refractivity contribution >= 4 is 81.6 Å². The molecule has 8 aliphatic rings. The Bertz CT molecular complexity index is 5330. The summed E-state index contributed by atoms with van der Waals surface area (Å²) in [6.45, 7) is 2.86. The van der Waals surface area contributed by atoms with E-state index in [9.17, 15) is 19.2 Å². The highest BCUT2D eigenvalue weighted by Gasteiger charge is 2.38. The lowest BCUT2D eigenvalue weighted by Crippen LogP contribution is -2.25. The summed E-state index contributed by atoms with van der Waals surface area (Å²) in [6.07, 6.45) is 27.2. The van der Waals surface area contributed by atoms with Gasteiger partial charge in [-0.2, -0.15) is 4.98 Å². The average Bonchev–Trinajstić information content (AvgIpc) is 1.68. The second-order valence-corrected chi connectivity index (χ2v) is 32.9. The summed E-state index contributed by atoms with van der Waals surface area (Å²) in [5.41, 5.74) is 12.7. The smallest absolute Gasteiger partial charge is 0.228 e. The number of rotatable bonds is 27. The lowest BCUT2D eigenvalue weighted by atomic mass is 9.98. The molecule has 10 aromatic rings. The van der Waals surface area contributed by atoms with Gasteiger partial charge in [-0.05, 0) is 234 Å². The fourth-order valence-corrected chi connectivity index (χ4v) is 17.6. The Morgan fingerprint density at radius 2 is 0.768 bits per heavy atom. The Morgan fingerprint density at radius 3 is 1.16 bits per heavy atom. The number of anilines is 8. The number of carbonyl (C=O) groups excluding carboxylic acids is 4. The van der Waals surface area contributed by atoms with Crippen molar-refractivity contribution in [3.05, 3.63) is 210 Å². The van der Waals surface area contributed by atoms with Crippen molar-refractivity contribution < 1.29 is 66.5 Å². The molecular formula is C96H109ClN14O14. The first-order valence-corrected chi connectivity index (χ1v) is 43.6. The number of hydrogen-bond acceptors (Lipinski definition) is 24. The van der Waals surface area contributed by atoms with Crippen molar-refractivity contribution in [2.45, 2.75) is 183 Å². The number of benzene rings is 6. The van der Waals surface area contributed by atoms with Crippen LogP contribution in [0.4, 0.5) is 46.4 Å². The van der Waals surface area contributed by atoms with E-state index in [4.69, 9.17) is 64.7 Å². The molecule has 4 saturated carbocycles. The number of nitrogens with one attached hydrogen (secondary N) is 2. The first-order chi connectivity index (χ1) is 61.0. The van der Waals surface area contributed by atoms with E-state index in [0.717, 1.165) is 148 Å². The fraction of sp³-hybridized carbons (Fsp3) is 0.406. The average molecular weight is 1720 g/mol. The molecule has 8 fully saturated rings. The molecule has 4 atom stereocenters. The Morgan fingerprint density at radius 1 is 0.384 bits per heavy atom. The number of nitrogen functional groups attached to an aromatic ring is 1. The summed E-state index contributed by atoms with van der Waals surface area (Å²) in [4.78, 5) is 87.7. The lowest BCUT2D eigenvalue weighted by Gasteiger charge is -2.19. The van der Waals surface area contributed by atoms with Gasteiger partial charge in [0.2, 0.25) is 29.6 Å². The standard InChI is InChI=1S/C28H32N4O4.C27H30N4O4.C21H25N3O3.C20H22ClN3O3/c1-34-22-10-7-19(8-11-22)17-30-28-29-14-13-26(31-28)32-18-21(16-27(32)33)20-9-12-24(35-2)25(15-20)36-23-5-3-4-6-23;1-33-21-10-8-20(9-11-21)30-25-15-26(29-17-28-25)31-16-19(14-27(31)32)18-7-12-23(34-2)24(13-18)35-22-5-3-4-6-22;1-26-18-8-6-14(10-19(18)27-17-4-2-3-5-17)15-11-21(25)24(13-15)16-7-9-20(22)23-12-16;1-26-16-7-6-13(8-17(16)27-15-4-2-3-5-15)14-9-20(25)24(11-14)19-10-18(21)22-12-23-19/h7-15,21,23H,3-6,16-18H2,1-2H3,(H,29,30,31);7-13,15,17,19,22H,3-6,14,16H2,1-2H3,(H,28,29,30);6-10,12,15,17H,2-5,11,13H2,1H3,(H2,22,23);6-8,10,12,14-15H,2-5,9,11H2,1H3. The number of nitrogens with zero attached hydrogens (tertiary/aromatic N) is 11. The van der Waals surface area contributed by atoms with Crippen molar-refractivity contribution in [2.75, 3.05) is 105 Å². The summed E-state index contributed by atoms with van der Waals surface area (Å²) in [7, 11) is 9.90. The van der Waals surface area contributed by atoms with E-state index < -0.39 is 0 Å². The molecule has 6 aromatic carbocycles. The van der Waals surface area contributed by atoms with Crippen LogP contribution in [-0.4, -0.2) is 152 Å². The predicted molar refractivity (Wildman–Crippen MR) is 479 cm³/mol. The minimum atomic E-state index is 0.0313. The van der Waals surface area contributed by atoms with Crippen molar-refractivity contribution in [1.29, 1.82) is 0 Å². The summed E-state index contributed by atoms with van der Waals surface area (Å²) < 4.78 is 57.3. The fourth-order valence-electron chi connectivity index (χ4n) is 17.5. The van der Waals surface area contributed by atoms with Gasteiger partial charge in [-0.15, -0.1) is 0 Å². The van der Waals surface area contributed by atoms with E-state index in [0.29, 0.717) is 98.6 Å². The number of nitrogens with two attached hydrogens (primary N) is 1. The van der Waals surface area contributed by atoms with E-state index in [1.807, 2.05) is 127 Å². The highest BCUT2D eigenvalue weighted by molar-refractivity contribution is 6.29. The van der Waals surface area contributed by atoms with Gasteiger partial charge in [0.15, 0.2) is 46.0 Å². The van der Waals surface area contributed by atoms with Gasteiger partial charge in [0.05, 0.1) is 79.0 Å². The third-order valence-corrected chi connectivity index (χ3v) is 24.5. The van der Waals surface area contributed by atoms with E-state index in [2.05, 4.69) is 45.5 Å². The van der Waals surface area contributed by atoms with Gasteiger partial charge in [0, 0.05) is 106 Å². The predicted octanol–water partition coefficient (Wildman–Crippen LogP) is 17.5. The van der Waals surface area contributed by atoms with Crippen LogP contribution in [0, 0.1) is 0 Å². The number of methoxy groups -OCH3 is 6. The molecule has 0 spiro atoms. The van der Waals surface area contributed by atoms with E-state index >= 15 is 0 Å². The van der Waals surface area contributed by atoms with Crippen LogP contribution in [0.5, 0.6) is 57.5 Å². The lowest BCUT2D eigenvalue weighted by molar-refractivity contribution is -0.118. The molecule has 4 aliphatic carbocycles. The van der Waals surface area contributed by atoms with E-state index in [1.54, 1.807) is 98.9 Å². The molecule has 28 nitrogen and oxygen atoms in total. The number of amides is 4. The van der Waals surface area contributed by atoms with E-state index in [-0.39, 0.29) is 71.7 Å². The molecular weight excluding hydrogens is 1610 g/mol. The number of pyridine rings is 1. The van der Waals surface area contributed by atoms with Crippen LogP contribution in [0.25, 0.3) is 0 Å². The Hall–Kier alpha value is -12.7. The number of carbonyl (C=O) groups is 4. The molecule has 8 heterocycles. The zero-order valence-electron chi connectivity index (χ0n) is 71.6. The van der Waals surface area contributed by atoms with Gasteiger partial charge in [0.25, 0.3) is 0 Å². The monoisotopic (exact) mass is 1720 g/mol. The SMILES string of the molecule is COc1ccc(C2CC(=O)N(c3cc(Cl)ncn3)C2)cc1OC1CCCC1.COc1ccc(C2CC(=O)N(c3ccc(N)nc3)C2)cc1OC1CCCC1.COc1ccc(CNc2nccc(N3CC(c4ccc(OC)c(OC5CCCC5)c4)CC3=O)n2)cc1.COc1ccc(Nc2cc(N3CC(c4ccc(OC)c(OC5CCCC5)c4)CC3=O)ncn2)cc1. The zero-order chi connectivity index (χ0) is 86.7. The van der Waals surface area contributed by atoms with Crippen LogP contribution in [0.15, 0.2) is 177 Å². The maximum atomic E-state index is 13.0. The maximum Gasteiger partial charge on any atom is 0.228 e. The molecule has 4 unspecified atom stereocenters. The molecule has 4 amide bonds.